The van der Waals surface area contributed by atoms with Crippen molar-refractivity contribution < 1.29 is 9.53 Å². The van der Waals surface area contributed by atoms with Gasteiger partial charge in [0, 0.05) is 0 Å². The molecule has 1 unspecified atom stereocenters. The maximum absolute atomic E-state index is 12.6. The van der Waals surface area contributed by atoms with Gasteiger partial charge in [0.2, 0.25) is 0 Å². The van der Waals surface area contributed by atoms with Crippen LogP contribution in [0.15, 0.2) is 0 Å². The Kier molecular flexibility index (Phi) is 9.50. The van der Waals surface area contributed by atoms with Crippen molar-refractivity contribution in [2.75, 3.05) is 0 Å². The zero-order valence-corrected chi connectivity index (χ0v) is 18.0. The van der Waals surface area contributed by atoms with Crippen LogP contribution in [0.3, 0.4) is 0 Å². The van der Waals surface area contributed by atoms with Crippen molar-refractivity contribution in [2.24, 2.45) is 29.6 Å². The Morgan fingerprint density at radius 3 is 1.81 bits per heavy atom. The topological polar surface area (TPSA) is 26.3 Å². The summed E-state index contributed by atoms with van der Waals surface area (Å²) in [5, 5.41) is 0. The van der Waals surface area contributed by atoms with Crippen LogP contribution in [0.1, 0.15) is 111 Å². The third-order valence-corrected chi connectivity index (χ3v) is 7.45. The predicted octanol–water partition coefficient (Wildman–Crippen LogP) is 7.16. The molecular formula is C24H44O2. The molecule has 2 nitrogen and oxygen atoms in total. The predicted molar refractivity (Wildman–Crippen MR) is 110 cm³/mol. The van der Waals surface area contributed by atoms with Crippen LogP contribution < -0.4 is 0 Å². The molecule has 3 aliphatic rings. The minimum atomic E-state index is 0.115. The van der Waals surface area contributed by atoms with Crippen molar-refractivity contribution in [1.82, 2.24) is 0 Å². The summed E-state index contributed by atoms with van der Waals surface area (Å²) in [6.07, 6.45) is 17.0. The lowest BCUT2D eigenvalue weighted by Crippen LogP contribution is -2.32. The lowest BCUT2D eigenvalue weighted by molar-refractivity contribution is -0.158. The molecular weight excluding hydrogens is 320 g/mol. The van der Waals surface area contributed by atoms with Crippen LogP contribution in [-0.4, -0.2) is 12.1 Å². The summed E-state index contributed by atoms with van der Waals surface area (Å²) in [4.78, 5) is 12.6. The van der Waals surface area contributed by atoms with Gasteiger partial charge in [-0.25, -0.2) is 0 Å². The maximum atomic E-state index is 12.6. The zero-order valence-electron chi connectivity index (χ0n) is 18.0. The van der Waals surface area contributed by atoms with Crippen LogP contribution >= 0.6 is 0 Å². The van der Waals surface area contributed by atoms with E-state index in [2.05, 4.69) is 13.8 Å². The summed E-state index contributed by atoms with van der Waals surface area (Å²) in [6, 6.07) is 0. The van der Waals surface area contributed by atoms with E-state index < -0.39 is 0 Å². The number of hydrogen-bond acceptors (Lipinski definition) is 2. The molecule has 0 heterocycles. The second kappa shape index (κ2) is 11.3. The van der Waals surface area contributed by atoms with Gasteiger partial charge in [-0.3, -0.25) is 4.79 Å². The second-order valence-corrected chi connectivity index (χ2v) is 9.17. The van der Waals surface area contributed by atoms with Crippen molar-refractivity contribution in [3.8, 4) is 0 Å². The molecule has 1 atom stereocenters. The third kappa shape index (κ3) is 6.27. The lowest BCUT2D eigenvalue weighted by Gasteiger charge is -2.37. The van der Waals surface area contributed by atoms with Gasteiger partial charge in [0.1, 0.15) is 6.10 Å². The molecule has 3 aliphatic carbocycles. The summed E-state index contributed by atoms with van der Waals surface area (Å²) in [5.41, 5.74) is 0. The van der Waals surface area contributed by atoms with E-state index in [1.54, 1.807) is 0 Å². The van der Waals surface area contributed by atoms with Crippen LogP contribution in [-0.2, 0) is 9.53 Å². The van der Waals surface area contributed by atoms with E-state index in [-0.39, 0.29) is 18.0 Å². The molecule has 26 heavy (non-hydrogen) atoms. The van der Waals surface area contributed by atoms with E-state index in [1.165, 1.54) is 70.6 Å². The standard InChI is InChI=1S/C22H38O2.C2H6/c1-16-8-10-19(11-9-16)20-12-14-21(15-13-20)22(23)24-17(2)18-6-4-3-5-7-18;1-2/h16-21H,3-15H2,1-2H3;1-2H3. The Balaban J connectivity index is 0.00000117. The van der Waals surface area contributed by atoms with Gasteiger partial charge in [0.05, 0.1) is 5.92 Å². The molecule has 0 amide bonds. The number of hydrogen-bond donors (Lipinski definition) is 0. The first-order valence-electron chi connectivity index (χ1n) is 11.8. The molecule has 152 valence electrons. The first kappa shape index (κ1) is 21.8. The molecule has 2 heteroatoms. The van der Waals surface area contributed by atoms with Gasteiger partial charge in [-0.15, -0.1) is 0 Å². The summed E-state index contributed by atoms with van der Waals surface area (Å²) in [6.45, 7) is 8.53. The smallest absolute Gasteiger partial charge is 0.309 e. The summed E-state index contributed by atoms with van der Waals surface area (Å²) in [7, 11) is 0. The van der Waals surface area contributed by atoms with Crippen molar-refractivity contribution in [1.29, 1.82) is 0 Å². The highest BCUT2D eigenvalue weighted by Crippen LogP contribution is 2.41. The van der Waals surface area contributed by atoms with Gasteiger partial charge < -0.3 is 4.74 Å². The normalized spacial score (nSPS) is 34.3. The summed E-state index contributed by atoms with van der Waals surface area (Å²) in [5.74, 6) is 3.69. The second-order valence-electron chi connectivity index (χ2n) is 9.17. The van der Waals surface area contributed by atoms with Crippen molar-refractivity contribution in [2.45, 2.75) is 117 Å². The Bertz CT molecular complexity index is 383. The van der Waals surface area contributed by atoms with Gasteiger partial charge in [-0.1, -0.05) is 52.9 Å². The molecule has 0 spiro atoms. The Morgan fingerprint density at radius 1 is 0.769 bits per heavy atom. The SMILES string of the molecule is CC.CC1CCC(C2CCC(C(=O)OC(C)C3CCCCC3)CC2)CC1. The zero-order chi connectivity index (χ0) is 18.9. The molecule has 0 aromatic rings. The molecule has 3 rings (SSSR count). The van der Waals surface area contributed by atoms with Crippen LogP contribution in [0.5, 0.6) is 0 Å². The van der Waals surface area contributed by atoms with Crippen LogP contribution in [0.2, 0.25) is 0 Å². The van der Waals surface area contributed by atoms with Crippen LogP contribution in [0.25, 0.3) is 0 Å². The molecule has 0 N–H and O–H groups in total. The van der Waals surface area contributed by atoms with Crippen LogP contribution in [0.4, 0.5) is 0 Å². The van der Waals surface area contributed by atoms with E-state index in [0.29, 0.717) is 5.92 Å². The minimum absolute atomic E-state index is 0.115. The van der Waals surface area contributed by atoms with Crippen molar-refractivity contribution >= 4 is 5.97 Å². The third-order valence-electron chi connectivity index (χ3n) is 7.45. The monoisotopic (exact) mass is 364 g/mol. The van der Waals surface area contributed by atoms with Crippen LogP contribution in [0, 0.1) is 29.6 Å². The quantitative estimate of drug-likeness (QED) is 0.495. The number of carbonyl (C=O) groups is 1. The molecule has 0 saturated heterocycles. The lowest BCUT2D eigenvalue weighted by atomic mass is 9.69. The van der Waals surface area contributed by atoms with E-state index in [4.69, 9.17) is 4.74 Å². The van der Waals surface area contributed by atoms with Gasteiger partial charge in [-0.2, -0.15) is 0 Å². The summed E-state index contributed by atoms with van der Waals surface area (Å²) >= 11 is 0. The molecule has 0 radical (unpaired) electrons. The first-order valence-corrected chi connectivity index (χ1v) is 11.8. The average Bonchev–Trinajstić information content (AvgIpc) is 2.71. The molecule has 3 saturated carbocycles. The van der Waals surface area contributed by atoms with E-state index in [0.717, 1.165) is 30.6 Å². The molecule has 0 aromatic heterocycles. The van der Waals surface area contributed by atoms with Gasteiger partial charge >= 0.3 is 5.97 Å². The van der Waals surface area contributed by atoms with Crippen molar-refractivity contribution in [3.05, 3.63) is 0 Å². The molecule has 0 bridgehead atoms. The van der Waals surface area contributed by atoms with Crippen molar-refractivity contribution in [3.63, 3.8) is 0 Å². The number of esters is 1. The highest BCUT2D eigenvalue weighted by molar-refractivity contribution is 5.72. The van der Waals surface area contributed by atoms with Gasteiger partial charge in [0.15, 0.2) is 0 Å². The number of carbonyl (C=O) groups excluding carboxylic acids is 1. The van der Waals surface area contributed by atoms with E-state index in [9.17, 15) is 4.79 Å². The minimum Gasteiger partial charge on any atom is -0.462 e. The first-order chi connectivity index (χ1) is 12.6. The largest absolute Gasteiger partial charge is 0.462 e. The highest BCUT2D eigenvalue weighted by atomic mass is 16.5. The fourth-order valence-corrected chi connectivity index (χ4v) is 5.56. The van der Waals surface area contributed by atoms with Gasteiger partial charge in [0.25, 0.3) is 0 Å². The average molecular weight is 365 g/mol. The van der Waals surface area contributed by atoms with E-state index in [1.807, 2.05) is 13.8 Å². The van der Waals surface area contributed by atoms with Gasteiger partial charge in [-0.05, 0) is 82.0 Å². The highest BCUT2D eigenvalue weighted by Gasteiger charge is 2.34. The molecule has 0 aromatic carbocycles. The Hall–Kier alpha value is -0.530. The Morgan fingerprint density at radius 2 is 1.27 bits per heavy atom. The number of rotatable bonds is 4. The maximum Gasteiger partial charge on any atom is 0.309 e. The fourth-order valence-electron chi connectivity index (χ4n) is 5.56. The Labute approximate surface area is 162 Å². The molecule has 0 aliphatic heterocycles. The fraction of sp³-hybridized carbons (Fsp3) is 0.958. The molecule has 3 fully saturated rings. The summed E-state index contributed by atoms with van der Waals surface area (Å²) < 4.78 is 5.89. The number of ether oxygens (including phenoxy) is 1. The van der Waals surface area contributed by atoms with E-state index >= 15 is 0 Å².